The van der Waals surface area contributed by atoms with E-state index in [9.17, 15) is 28.1 Å². The maximum Gasteiger partial charge on any atom is 0.416 e. The second-order valence-corrected chi connectivity index (χ2v) is 9.71. The van der Waals surface area contributed by atoms with E-state index in [0.717, 1.165) is 17.7 Å². The van der Waals surface area contributed by atoms with Gasteiger partial charge in [0.25, 0.3) is 5.69 Å². The maximum atomic E-state index is 12.9. The van der Waals surface area contributed by atoms with Gasteiger partial charge in [-0.3, -0.25) is 10.1 Å². The molecule has 4 aromatic carbocycles. The average Bonchev–Trinajstić information content (AvgIpc) is 3.04. The number of rotatable bonds is 12. The Morgan fingerprint density at radius 2 is 1.22 bits per heavy atom. The summed E-state index contributed by atoms with van der Waals surface area (Å²) in [6, 6.07) is 23.4. The van der Waals surface area contributed by atoms with Gasteiger partial charge in [0.1, 0.15) is 11.5 Å². The van der Waals surface area contributed by atoms with Crippen LogP contribution in [0.4, 0.5) is 42.4 Å². The Morgan fingerprint density at radius 1 is 0.739 bits per heavy atom. The van der Waals surface area contributed by atoms with Gasteiger partial charge in [0.05, 0.1) is 16.1 Å². The number of anilines is 4. The van der Waals surface area contributed by atoms with Gasteiger partial charge in [-0.15, -0.1) is 0 Å². The summed E-state index contributed by atoms with van der Waals surface area (Å²) in [5, 5.41) is 29.1. The number of nitrogens with zero attached hydrogens (tertiary/aromatic N) is 4. The highest BCUT2D eigenvalue weighted by molar-refractivity contribution is 5.87. The number of ether oxygens (including phenoxy) is 1. The van der Waals surface area contributed by atoms with Crippen LogP contribution in [0.25, 0.3) is 0 Å². The summed E-state index contributed by atoms with van der Waals surface area (Å²) in [6.07, 6.45) is -4.44. The van der Waals surface area contributed by atoms with Crippen LogP contribution in [0.15, 0.2) is 97.1 Å². The molecular formula is C31H24F3N7O5. The minimum Gasteiger partial charge on any atom is -0.478 e. The minimum atomic E-state index is -4.44. The number of nitro groups is 1. The van der Waals surface area contributed by atoms with Crippen LogP contribution in [0, 0.1) is 10.1 Å². The Balaban J connectivity index is 1.30. The van der Waals surface area contributed by atoms with E-state index < -0.39 is 22.6 Å². The van der Waals surface area contributed by atoms with E-state index in [2.05, 4.69) is 30.9 Å². The third-order valence-electron chi connectivity index (χ3n) is 6.41. The number of benzene rings is 4. The Bertz CT molecular complexity index is 1820. The van der Waals surface area contributed by atoms with Gasteiger partial charge in [0.2, 0.25) is 17.8 Å². The van der Waals surface area contributed by atoms with Crippen LogP contribution < -0.4 is 20.7 Å². The first kappa shape index (κ1) is 31.2. The molecule has 1 aromatic heterocycles. The molecule has 0 spiro atoms. The molecule has 0 saturated carbocycles. The van der Waals surface area contributed by atoms with Crippen molar-refractivity contribution in [2.75, 3.05) is 16.0 Å². The Hall–Kier alpha value is -6.25. The highest BCUT2D eigenvalue weighted by atomic mass is 19.4. The summed E-state index contributed by atoms with van der Waals surface area (Å²) < 4.78 is 44.6. The van der Waals surface area contributed by atoms with Gasteiger partial charge >= 0.3 is 12.1 Å². The van der Waals surface area contributed by atoms with Crippen LogP contribution in [0.3, 0.4) is 0 Å². The van der Waals surface area contributed by atoms with Crippen LogP contribution in [-0.4, -0.2) is 31.0 Å². The van der Waals surface area contributed by atoms with Crippen LogP contribution in [-0.2, 0) is 19.3 Å². The SMILES string of the molecule is O=C(O)c1ccc(Oc2ccc(Nc3nc(NCc4ccc([N+](=O)[O-])cc4)nc(NCc4ccc(C(F)(F)F)cc4)n3)cc2)cc1. The van der Waals surface area contributed by atoms with Crippen LogP contribution in [0.5, 0.6) is 11.5 Å². The van der Waals surface area contributed by atoms with E-state index in [0.29, 0.717) is 22.7 Å². The summed E-state index contributed by atoms with van der Waals surface area (Å²) in [6.45, 7) is 0.363. The molecule has 234 valence electrons. The number of aromatic nitrogens is 3. The fourth-order valence-corrected chi connectivity index (χ4v) is 4.04. The molecule has 46 heavy (non-hydrogen) atoms. The van der Waals surface area contributed by atoms with Crippen molar-refractivity contribution in [2.24, 2.45) is 0 Å². The van der Waals surface area contributed by atoms with Gasteiger partial charge in [-0.2, -0.15) is 28.1 Å². The lowest BCUT2D eigenvalue weighted by Crippen LogP contribution is -2.11. The standard InChI is InChI=1S/C31H24F3N7O5/c32-31(33,34)22-7-1-19(2-8-22)17-35-28-38-29(36-18-20-3-11-24(12-4-20)41(44)45)40-30(39-28)37-23-9-15-26(16-10-23)46-25-13-5-21(6-14-25)27(42)43/h1-16H,17-18H2,(H,42,43)(H3,35,36,37,38,39,40). The highest BCUT2D eigenvalue weighted by Gasteiger charge is 2.29. The Morgan fingerprint density at radius 3 is 1.70 bits per heavy atom. The molecule has 15 heteroatoms. The van der Waals surface area contributed by atoms with E-state index in [1.165, 1.54) is 36.4 Å². The fourth-order valence-electron chi connectivity index (χ4n) is 4.04. The van der Waals surface area contributed by atoms with Crippen molar-refractivity contribution in [1.82, 2.24) is 15.0 Å². The third-order valence-corrected chi connectivity index (χ3v) is 6.41. The number of carboxylic acid groups (broad SMARTS) is 1. The van der Waals surface area contributed by atoms with Crippen molar-refractivity contribution in [2.45, 2.75) is 19.3 Å². The number of nitrogens with one attached hydrogen (secondary N) is 3. The van der Waals surface area contributed by atoms with Gasteiger partial charge in [0.15, 0.2) is 0 Å². The van der Waals surface area contributed by atoms with E-state index in [1.807, 2.05) is 0 Å². The zero-order valence-electron chi connectivity index (χ0n) is 23.7. The average molecular weight is 632 g/mol. The van der Waals surface area contributed by atoms with Crippen molar-refractivity contribution in [3.8, 4) is 11.5 Å². The van der Waals surface area contributed by atoms with E-state index >= 15 is 0 Å². The molecule has 0 amide bonds. The van der Waals surface area contributed by atoms with Crippen molar-refractivity contribution in [1.29, 1.82) is 0 Å². The molecule has 4 N–H and O–H groups in total. The van der Waals surface area contributed by atoms with Crippen LogP contribution >= 0.6 is 0 Å². The van der Waals surface area contributed by atoms with Gasteiger partial charge in [0, 0.05) is 30.9 Å². The molecule has 1 heterocycles. The van der Waals surface area contributed by atoms with Crippen LogP contribution in [0.2, 0.25) is 0 Å². The molecule has 0 saturated heterocycles. The number of nitro benzene ring substituents is 1. The lowest BCUT2D eigenvalue weighted by molar-refractivity contribution is -0.384. The minimum absolute atomic E-state index is 0.0438. The van der Waals surface area contributed by atoms with Crippen LogP contribution in [0.1, 0.15) is 27.0 Å². The number of carbonyl (C=O) groups is 1. The number of halogens is 3. The van der Waals surface area contributed by atoms with E-state index in [-0.39, 0.29) is 42.2 Å². The molecule has 0 aliphatic carbocycles. The molecule has 5 rings (SSSR count). The summed E-state index contributed by atoms with van der Waals surface area (Å²) in [5.41, 5.74) is 1.23. The first-order valence-electron chi connectivity index (χ1n) is 13.5. The number of hydrogen-bond acceptors (Lipinski definition) is 10. The van der Waals surface area contributed by atoms with E-state index in [1.54, 1.807) is 48.5 Å². The second-order valence-electron chi connectivity index (χ2n) is 9.71. The molecule has 0 aliphatic rings. The van der Waals surface area contributed by atoms with Crippen molar-refractivity contribution >= 4 is 35.2 Å². The smallest absolute Gasteiger partial charge is 0.416 e. The number of carboxylic acids is 1. The normalized spacial score (nSPS) is 11.0. The molecule has 0 atom stereocenters. The summed E-state index contributed by atoms with van der Waals surface area (Å²) in [7, 11) is 0. The Labute approximate surface area is 259 Å². The lowest BCUT2D eigenvalue weighted by Gasteiger charge is -2.13. The maximum absolute atomic E-state index is 12.9. The topological polar surface area (TPSA) is 164 Å². The predicted octanol–water partition coefficient (Wildman–Crippen LogP) is 7.26. The third kappa shape index (κ3) is 8.43. The molecule has 0 radical (unpaired) electrons. The second kappa shape index (κ2) is 13.6. The largest absolute Gasteiger partial charge is 0.478 e. The quantitative estimate of drug-likeness (QED) is 0.0809. The summed E-state index contributed by atoms with van der Waals surface area (Å²) >= 11 is 0. The van der Waals surface area contributed by atoms with Crippen molar-refractivity contribution in [3.05, 3.63) is 129 Å². The monoisotopic (exact) mass is 631 g/mol. The molecule has 5 aromatic rings. The predicted molar refractivity (Wildman–Crippen MR) is 162 cm³/mol. The highest BCUT2D eigenvalue weighted by Crippen LogP contribution is 2.29. The molecule has 0 aliphatic heterocycles. The zero-order chi connectivity index (χ0) is 32.7. The molecular weight excluding hydrogens is 607 g/mol. The first-order chi connectivity index (χ1) is 22.0. The number of aromatic carboxylic acids is 1. The zero-order valence-corrected chi connectivity index (χ0v) is 23.7. The molecule has 12 nitrogen and oxygen atoms in total. The van der Waals surface area contributed by atoms with Gasteiger partial charge in [-0.1, -0.05) is 24.3 Å². The number of hydrogen-bond donors (Lipinski definition) is 4. The van der Waals surface area contributed by atoms with Crippen molar-refractivity contribution in [3.63, 3.8) is 0 Å². The van der Waals surface area contributed by atoms with E-state index in [4.69, 9.17) is 9.84 Å². The Kier molecular flexibility index (Phi) is 9.21. The summed E-state index contributed by atoms with van der Waals surface area (Å²) in [4.78, 5) is 34.6. The van der Waals surface area contributed by atoms with Crippen molar-refractivity contribution < 1.29 is 32.7 Å². The first-order valence-corrected chi connectivity index (χ1v) is 13.5. The number of non-ortho nitro benzene ring substituents is 1. The number of alkyl halides is 3. The summed E-state index contributed by atoms with van der Waals surface area (Å²) in [5.74, 6) is 0.352. The molecule has 0 bridgehead atoms. The lowest BCUT2D eigenvalue weighted by atomic mass is 10.1. The van der Waals surface area contributed by atoms with Gasteiger partial charge in [-0.05, 0) is 71.8 Å². The molecule has 0 fully saturated rings. The fraction of sp³-hybridized carbons (Fsp3) is 0.0968. The van der Waals surface area contributed by atoms with Gasteiger partial charge < -0.3 is 25.8 Å². The molecule has 0 unspecified atom stereocenters. The van der Waals surface area contributed by atoms with Gasteiger partial charge in [-0.25, -0.2) is 4.79 Å².